The van der Waals surface area contributed by atoms with Gasteiger partial charge in [0.2, 0.25) is 6.29 Å². The monoisotopic (exact) mass is 427 g/mol. The van der Waals surface area contributed by atoms with Crippen molar-refractivity contribution in [3.8, 4) is 0 Å². The first-order chi connectivity index (χ1) is 13.5. The van der Waals surface area contributed by atoms with Gasteiger partial charge in [0.05, 0.1) is 29.1 Å². The molecule has 2 unspecified atom stereocenters. The van der Waals surface area contributed by atoms with Gasteiger partial charge in [-0.2, -0.15) is 0 Å². The predicted molar refractivity (Wildman–Crippen MR) is 110 cm³/mol. The summed E-state index contributed by atoms with van der Waals surface area (Å²) >= 11 is 0. The van der Waals surface area contributed by atoms with E-state index in [0.717, 1.165) is 5.56 Å². The molecule has 1 heterocycles. The number of ether oxygens (including phenoxy) is 2. The van der Waals surface area contributed by atoms with E-state index >= 15 is 0 Å². The molecule has 8 nitrogen and oxygen atoms in total. The van der Waals surface area contributed by atoms with Gasteiger partial charge in [0, 0.05) is 24.5 Å². The Hall–Kier alpha value is -1.73. The second-order valence-electron chi connectivity index (χ2n) is 7.69. The Labute approximate surface area is 171 Å². The normalized spacial score (nSPS) is 20.5. The van der Waals surface area contributed by atoms with Gasteiger partial charge >= 0.3 is 7.60 Å². The highest BCUT2D eigenvalue weighted by Crippen LogP contribution is 2.64. The summed E-state index contributed by atoms with van der Waals surface area (Å²) in [6, 6.07) is 6.20. The molecule has 1 aliphatic rings. The van der Waals surface area contributed by atoms with E-state index in [1.54, 1.807) is 32.9 Å². The maximum Gasteiger partial charge on any atom is 0.361 e. The number of nitrogens with zero attached hydrogens (tertiary/aromatic N) is 1. The number of nitro groups is 1. The van der Waals surface area contributed by atoms with Crippen LogP contribution in [0.1, 0.15) is 59.4 Å². The number of allylic oxidation sites excluding steroid dienone is 2. The molecule has 0 radical (unpaired) electrons. The molecular weight excluding hydrogens is 397 g/mol. The van der Waals surface area contributed by atoms with Crippen molar-refractivity contribution in [2.45, 2.75) is 65.8 Å². The second-order valence-corrected chi connectivity index (χ2v) is 9.68. The van der Waals surface area contributed by atoms with Crippen LogP contribution in [0.5, 0.6) is 0 Å². The molecule has 1 aromatic carbocycles. The van der Waals surface area contributed by atoms with Gasteiger partial charge in [-0.1, -0.05) is 12.1 Å². The lowest BCUT2D eigenvalue weighted by molar-refractivity contribution is -0.384. The van der Waals surface area contributed by atoms with Gasteiger partial charge < -0.3 is 18.5 Å². The van der Waals surface area contributed by atoms with E-state index in [9.17, 15) is 14.7 Å². The van der Waals surface area contributed by atoms with E-state index in [0.29, 0.717) is 17.5 Å². The standard InChI is InChI=1S/C20H30NO7P/c1-7-25-29(24,26-8-2)19-14(3)27-18(28-20(4,5)6)13-17(19)15-9-11-16(12-10-15)21(22)23/h9-12,17-18H,7-8,13H2,1-6H3. The summed E-state index contributed by atoms with van der Waals surface area (Å²) in [4.78, 5) is 10.6. The SMILES string of the molecule is CCOP(=O)(OCC)C1=C(C)OC(OC(C)(C)C)CC1c1ccc([N+](=O)[O-])cc1. The third kappa shape index (κ3) is 5.89. The number of hydrogen-bond acceptors (Lipinski definition) is 7. The lowest BCUT2D eigenvalue weighted by atomic mass is 9.92. The first-order valence-corrected chi connectivity index (χ1v) is 11.2. The van der Waals surface area contributed by atoms with Crippen molar-refractivity contribution in [3.05, 3.63) is 51.0 Å². The zero-order chi connectivity index (χ0) is 21.8. The maximum atomic E-state index is 13.6. The van der Waals surface area contributed by atoms with Crippen LogP contribution < -0.4 is 0 Å². The van der Waals surface area contributed by atoms with Crippen molar-refractivity contribution < 1.29 is 28.0 Å². The number of rotatable bonds is 8. The van der Waals surface area contributed by atoms with E-state index in [1.165, 1.54) is 12.1 Å². The smallest absolute Gasteiger partial charge is 0.361 e. The van der Waals surface area contributed by atoms with Crippen LogP contribution in [0.3, 0.4) is 0 Å². The molecule has 0 amide bonds. The quantitative estimate of drug-likeness (QED) is 0.296. The lowest BCUT2D eigenvalue weighted by Crippen LogP contribution is -2.33. The molecule has 0 aliphatic carbocycles. The van der Waals surface area contributed by atoms with Gasteiger partial charge in [0.1, 0.15) is 5.76 Å². The van der Waals surface area contributed by atoms with Crippen LogP contribution >= 0.6 is 7.60 Å². The minimum Gasteiger partial charge on any atom is -0.469 e. The second kappa shape index (κ2) is 9.39. The molecule has 0 bridgehead atoms. The molecule has 1 aromatic rings. The molecule has 9 heteroatoms. The summed E-state index contributed by atoms with van der Waals surface area (Å²) in [5.41, 5.74) is 0.310. The minimum atomic E-state index is -3.62. The van der Waals surface area contributed by atoms with Crippen LogP contribution in [-0.2, 0) is 23.1 Å². The van der Waals surface area contributed by atoms with Crippen LogP contribution in [0, 0.1) is 10.1 Å². The molecule has 2 rings (SSSR count). The zero-order valence-corrected chi connectivity index (χ0v) is 18.7. The number of benzene rings is 1. The fourth-order valence-corrected chi connectivity index (χ4v) is 5.45. The molecule has 0 saturated carbocycles. The van der Waals surface area contributed by atoms with Crippen molar-refractivity contribution in [2.24, 2.45) is 0 Å². The molecule has 162 valence electrons. The van der Waals surface area contributed by atoms with E-state index in [4.69, 9.17) is 18.5 Å². The fourth-order valence-electron chi connectivity index (χ4n) is 3.34. The number of hydrogen-bond donors (Lipinski definition) is 0. The molecule has 0 fully saturated rings. The topological polar surface area (TPSA) is 97.1 Å². The van der Waals surface area contributed by atoms with Gasteiger partial charge in [-0.25, -0.2) is 0 Å². The summed E-state index contributed by atoms with van der Waals surface area (Å²) < 4.78 is 36.7. The van der Waals surface area contributed by atoms with Crippen LogP contribution in [0.25, 0.3) is 0 Å². The lowest BCUT2D eigenvalue weighted by Gasteiger charge is -2.38. The molecule has 1 aliphatic heterocycles. The zero-order valence-electron chi connectivity index (χ0n) is 17.8. The maximum absolute atomic E-state index is 13.6. The van der Waals surface area contributed by atoms with Gasteiger partial charge in [-0.15, -0.1) is 0 Å². The van der Waals surface area contributed by atoms with Crippen LogP contribution in [0.4, 0.5) is 5.69 Å². The Morgan fingerprint density at radius 3 is 2.17 bits per heavy atom. The molecule has 29 heavy (non-hydrogen) atoms. The molecule has 0 N–H and O–H groups in total. The van der Waals surface area contributed by atoms with Crippen molar-refractivity contribution in [1.29, 1.82) is 0 Å². The van der Waals surface area contributed by atoms with Crippen molar-refractivity contribution >= 4 is 13.3 Å². The van der Waals surface area contributed by atoms with E-state index in [1.807, 2.05) is 20.8 Å². The summed E-state index contributed by atoms with van der Waals surface area (Å²) in [6.45, 7) is 11.4. The Morgan fingerprint density at radius 2 is 1.72 bits per heavy atom. The largest absolute Gasteiger partial charge is 0.469 e. The molecular formula is C20H30NO7P. The van der Waals surface area contributed by atoms with Crippen molar-refractivity contribution in [1.82, 2.24) is 0 Å². The number of nitro benzene ring substituents is 1. The first kappa shape index (κ1) is 23.5. The molecule has 0 saturated heterocycles. The van der Waals surface area contributed by atoms with Crippen molar-refractivity contribution in [3.63, 3.8) is 0 Å². The Kier molecular flexibility index (Phi) is 7.62. The summed E-state index contributed by atoms with van der Waals surface area (Å²) in [7, 11) is -3.62. The molecule has 2 atom stereocenters. The van der Waals surface area contributed by atoms with Crippen LogP contribution in [-0.4, -0.2) is 30.0 Å². The van der Waals surface area contributed by atoms with E-state index in [2.05, 4.69) is 0 Å². The van der Waals surface area contributed by atoms with Gasteiger partial charge in [0.25, 0.3) is 5.69 Å². The highest BCUT2D eigenvalue weighted by Gasteiger charge is 2.43. The van der Waals surface area contributed by atoms with Gasteiger partial charge in [0.15, 0.2) is 0 Å². The Morgan fingerprint density at radius 1 is 1.17 bits per heavy atom. The van der Waals surface area contributed by atoms with Gasteiger partial charge in [-0.3, -0.25) is 14.7 Å². The van der Waals surface area contributed by atoms with E-state index < -0.39 is 24.4 Å². The Bertz CT molecular complexity index is 788. The first-order valence-electron chi connectivity index (χ1n) is 9.70. The summed E-state index contributed by atoms with van der Waals surface area (Å²) in [5.74, 6) is 0.0416. The molecule has 0 aromatic heterocycles. The Balaban J connectivity index is 2.53. The minimum absolute atomic E-state index is 0.0108. The van der Waals surface area contributed by atoms with Crippen LogP contribution in [0.15, 0.2) is 35.3 Å². The average molecular weight is 427 g/mol. The van der Waals surface area contributed by atoms with E-state index in [-0.39, 0.29) is 24.8 Å². The average Bonchev–Trinajstić information content (AvgIpc) is 2.60. The molecule has 0 spiro atoms. The summed E-state index contributed by atoms with van der Waals surface area (Å²) in [6.07, 6.45) is -0.179. The third-order valence-electron chi connectivity index (χ3n) is 4.31. The number of non-ortho nitro benzene ring substituents is 1. The van der Waals surface area contributed by atoms with Gasteiger partial charge in [-0.05, 0) is 47.1 Å². The highest BCUT2D eigenvalue weighted by atomic mass is 31.2. The third-order valence-corrected chi connectivity index (χ3v) is 6.72. The van der Waals surface area contributed by atoms with Crippen molar-refractivity contribution in [2.75, 3.05) is 13.2 Å². The van der Waals surface area contributed by atoms with Crippen LogP contribution in [0.2, 0.25) is 0 Å². The highest BCUT2D eigenvalue weighted by molar-refractivity contribution is 7.58. The predicted octanol–water partition coefficient (Wildman–Crippen LogP) is 5.74. The fraction of sp³-hybridized carbons (Fsp3) is 0.600. The summed E-state index contributed by atoms with van der Waals surface area (Å²) in [5, 5.41) is 11.4.